The summed E-state index contributed by atoms with van der Waals surface area (Å²) in [4.78, 5) is 4.21. The zero-order valence-electron chi connectivity index (χ0n) is 10.1. The van der Waals surface area contributed by atoms with E-state index in [4.69, 9.17) is 16.3 Å². The van der Waals surface area contributed by atoms with Crippen LogP contribution in [0.3, 0.4) is 0 Å². The van der Waals surface area contributed by atoms with E-state index in [0.29, 0.717) is 28.2 Å². The van der Waals surface area contributed by atoms with Crippen molar-refractivity contribution < 1.29 is 4.74 Å². The van der Waals surface area contributed by atoms with Crippen LogP contribution in [0.4, 0.5) is 0 Å². The van der Waals surface area contributed by atoms with E-state index in [9.17, 15) is 0 Å². The number of nitrogens with zero attached hydrogens (tertiary/aromatic N) is 1. The molecule has 2 nitrogen and oxygen atoms in total. The van der Waals surface area contributed by atoms with Crippen LogP contribution in [-0.4, -0.2) is 15.8 Å². The molecule has 97 valence electrons. The first-order chi connectivity index (χ1) is 9.29. The number of hydrogen-bond donors (Lipinski definition) is 0. The number of hydrogen-bond acceptors (Lipinski definition) is 3. The van der Waals surface area contributed by atoms with Gasteiger partial charge in [0.05, 0.1) is 10.7 Å². The van der Waals surface area contributed by atoms with E-state index in [1.807, 2.05) is 40.5 Å². The van der Waals surface area contributed by atoms with Crippen LogP contribution in [0.25, 0.3) is 0 Å². The highest BCUT2D eigenvalue weighted by atomic mass is 127. The summed E-state index contributed by atoms with van der Waals surface area (Å²) in [5.74, 6) is 1.72. The summed E-state index contributed by atoms with van der Waals surface area (Å²) in [6.07, 6.45) is 1.76. The minimum atomic E-state index is 0.435. The van der Waals surface area contributed by atoms with E-state index in [0.717, 1.165) is 11.4 Å². The minimum absolute atomic E-state index is 0.435. The maximum absolute atomic E-state index is 6.22. The van der Waals surface area contributed by atoms with Crippen LogP contribution in [0.5, 0.6) is 5.75 Å². The first kappa shape index (κ1) is 15.5. The monoisotopic (exact) mass is 418 g/mol. The average Bonchev–Trinajstić information content (AvgIpc) is 2.45. The van der Waals surface area contributed by atoms with Gasteiger partial charge in [-0.15, -0.1) is 0 Å². The Morgan fingerprint density at radius 3 is 2.89 bits per heavy atom. The van der Waals surface area contributed by atoms with Gasteiger partial charge in [-0.25, -0.2) is 30.4 Å². The van der Waals surface area contributed by atoms with Crippen molar-refractivity contribution >= 4 is 52.8 Å². The minimum Gasteiger partial charge on any atom is -0.486 e. The van der Waals surface area contributed by atoms with Crippen LogP contribution in [-0.2, 0) is 12.4 Å². The van der Waals surface area contributed by atoms with E-state index in [1.165, 1.54) is 5.56 Å². The summed E-state index contributed by atoms with van der Waals surface area (Å²) in [6.45, 7) is 0.437. The second kappa shape index (κ2) is 8.38. The Morgan fingerprint density at radius 2 is 2.21 bits per heavy atom. The van der Waals surface area contributed by atoms with Crippen molar-refractivity contribution in [2.24, 2.45) is 0 Å². The van der Waals surface area contributed by atoms with Crippen molar-refractivity contribution in [2.75, 3.05) is 0 Å². The Kier molecular flexibility index (Phi) is 6.82. The zero-order valence-corrected chi connectivity index (χ0v) is 14.9. The predicted molar refractivity (Wildman–Crippen MR) is 91.1 cm³/mol. The lowest BCUT2D eigenvalue weighted by atomic mass is 10.2. The Hall–Kier alpha value is 0.0725. The van der Waals surface area contributed by atoms with Crippen molar-refractivity contribution in [2.45, 2.75) is 12.4 Å². The molecule has 0 aliphatic heterocycles. The average molecular weight is 419 g/mol. The topological polar surface area (TPSA) is 22.1 Å². The van der Waals surface area contributed by atoms with E-state index in [1.54, 1.807) is 6.20 Å². The third-order valence-corrected chi connectivity index (χ3v) is 7.45. The van der Waals surface area contributed by atoms with Gasteiger partial charge >= 0.3 is 10.8 Å². The van der Waals surface area contributed by atoms with Crippen LogP contribution in [0.1, 0.15) is 11.3 Å². The smallest absolute Gasteiger partial charge is 0.402 e. The molecule has 0 aliphatic rings. The quantitative estimate of drug-likeness (QED) is 0.509. The molecule has 0 unspecified atom stereocenters. The molecule has 0 atom stereocenters. The number of ether oxygens (including phenoxy) is 1. The number of rotatable bonds is 6. The van der Waals surface area contributed by atoms with Gasteiger partial charge in [-0.1, -0.05) is 23.7 Å². The fraction of sp³-hybridized carbons (Fsp3) is 0.154. The molecule has 0 fully saturated rings. The standard InChI is InChI=1S/C13H12ClNOS.Al.HI/c14-12-7-10(9-17)4-5-13(12)16-8-11-3-1-2-6-15-11;;/h1-7,17H,8-9H2;;1H/q;+2;/p-2. The Balaban J connectivity index is 1.97. The van der Waals surface area contributed by atoms with Gasteiger partial charge in [-0.3, -0.25) is 4.98 Å². The molecule has 0 amide bonds. The highest BCUT2D eigenvalue weighted by Gasteiger charge is 2.04. The first-order valence-corrected chi connectivity index (χ1v) is 12.7. The molecule has 0 spiro atoms. The van der Waals surface area contributed by atoms with Crippen LogP contribution in [0, 0.1) is 0 Å². The molecule has 1 heterocycles. The molecular weight excluding hydrogens is 408 g/mol. The van der Waals surface area contributed by atoms with Crippen molar-refractivity contribution in [1.82, 2.24) is 4.98 Å². The Labute approximate surface area is 138 Å². The molecule has 2 rings (SSSR count). The normalized spacial score (nSPS) is 10.2. The molecule has 0 N–H and O–H groups in total. The van der Waals surface area contributed by atoms with E-state index >= 15 is 0 Å². The summed E-state index contributed by atoms with van der Waals surface area (Å²) in [5.41, 5.74) is 2.14. The molecular formula is C13H11AlClINOS. The molecule has 0 saturated heterocycles. The highest BCUT2D eigenvalue weighted by Crippen LogP contribution is 2.27. The number of halogens is 2. The fourth-order valence-electron chi connectivity index (χ4n) is 1.51. The highest BCUT2D eigenvalue weighted by molar-refractivity contribution is 14.1. The fourth-order valence-corrected chi connectivity index (χ4v) is 4.59. The molecule has 19 heavy (non-hydrogen) atoms. The maximum atomic E-state index is 6.22. The predicted octanol–water partition coefficient (Wildman–Crippen LogP) is 4.52. The van der Waals surface area contributed by atoms with Gasteiger partial charge in [-0.2, -0.15) is 0 Å². The largest absolute Gasteiger partial charge is 0.486 e. The van der Waals surface area contributed by atoms with Crippen molar-refractivity contribution in [3.63, 3.8) is 0 Å². The Bertz CT molecular complexity index is 529. The summed E-state index contributed by atoms with van der Waals surface area (Å²) in [6, 6.07) is 11.7. The summed E-state index contributed by atoms with van der Waals surface area (Å²) in [5, 5.41) is 0.664. The van der Waals surface area contributed by atoms with E-state index in [-0.39, 0.29) is 0 Å². The number of pyridine rings is 1. The van der Waals surface area contributed by atoms with Gasteiger partial charge in [0, 0.05) is 6.20 Å². The molecule has 0 aliphatic carbocycles. The second-order valence-corrected chi connectivity index (χ2v) is 11.1. The lowest BCUT2D eigenvalue weighted by Crippen LogP contribution is -1.98. The number of aromatic nitrogens is 1. The van der Waals surface area contributed by atoms with Crippen LogP contribution in [0.15, 0.2) is 42.6 Å². The van der Waals surface area contributed by atoms with Crippen LogP contribution >= 0.6 is 42.0 Å². The van der Waals surface area contributed by atoms with Gasteiger partial charge in [0.25, 0.3) is 0 Å². The van der Waals surface area contributed by atoms with Gasteiger partial charge in [-0.05, 0) is 35.6 Å². The second-order valence-electron chi connectivity index (χ2n) is 3.77. The van der Waals surface area contributed by atoms with E-state index in [2.05, 4.69) is 31.3 Å². The third-order valence-electron chi connectivity index (χ3n) is 2.41. The van der Waals surface area contributed by atoms with Crippen LogP contribution < -0.4 is 4.74 Å². The summed E-state index contributed by atoms with van der Waals surface area (Å²) < 4.78 is 5.68. The van der Waals surface area contributed by atoms with Gasteiger partial charge in [0.2, 0.25) is 0 Å². The lowest BCUT2D eigenvalue weighted by molar-refractivity contribution is 0.301. The molecule has 1 aromatic carbocycles. The molecule has 2 aromatic rings. The number of benzene rings is 1. The maximum Gasteiger partial charge on any atom is 0.402 e. The Morgan fingerprint density at radius 1 is 1.32 bits per heavy atom. The van der Waals surface area contributed by atoms with Crippen LogP contribution in [0.2, 0.25) is 5.02 Å². The molecule has 6 heteroatoms. The zero-order chi connectivity index (χ0) is 13.5. The van der Waals surface area contributed by atoms with Gasteiger partial charge < -0.3 is 4.74 Å². The SMILES string of the molecule is Clc1cc(C[S][Al][I])ccc1OCc1ccccn1. The summed E-state index contributed by atoms with van der Waals surface area (Å²) >= 11 is 8.66. The third kappa shape index (κ3) is 5.16. The molecule has 1 radical (unpaired) electrons. The first-order valence-electron chi connectivity index (χ1n) is 5.64. The molecule has 1 aromatic heterocycles. The van der Waals surface area contributed by atoms with Gasteiger partial charge in [0.1, 0.15) is 12.4 Å². The van der Waals surface area contributed by atoms with Crippen molar-refractivity contribution in [3.8, 4) is 5.75 Å². The summed E-state index contributed by atoms with van der Waals surface area (Å²) in [7, 11) is 2.38. The lowest BCUT2D eigenvalue weighted by Gasteiger charge is -2.09. The van der Waals surface area contributed by atoms with Crippen molar-refractivity contribution in [3.05, 3.63) is 58.9 Å². The van der Waals surface area contributed by atoms with Gasteiger partial charge in [0.15, 0.2) is 0 Å². The van der Waals surface area contributed by atoms with E-state index < -0.39 is 0 Å². The molecule has 0 bridgehead atoms. The van der Waals surface area contributed by atoms with Crippen molar-refractivity contribution in [1.29, 1.82) is 0 Å². The molecule has 0 saturated carbocycles.